The summed E-state index contributed by atoms with van der Waals surface area (Å²) < 4.78 is 10.2. The van der Waals surface area contributed by atoms with E-state index in [0.29, 0.717) is 25.4 Å². The summed E-state index contributed by atoms with van der Waals surface area (Å²) in [5.41, 5.74) is 1.87. The molecule has 0 atom stereocenters. The minimum absolute atomic E-state index is 0.281. The smallest absolute Gasteiger partial charge is 0.338 e. The second-order valence-corrected chi connectivity index (χ2v) is 4.13. The predicted molar refractivity (Wildman–Crippen MR) is 71.8 cm³/mol. The molecule has 0 bridgehead atoms. The normalized spacial score (nSPS) is 10.3. The second kappa shape index (κ2) is 8.70. The number of ether oxygens (including phenoxy) is 2. The maximum Gasteiger partial charge on any atom is 0.338 e. The summed E-state index contributed by atoms with van der Waals surface area (Å²) in [5.74, 6) is -0.281. The lowest BCUT2D eigenvalue weighted by molar-refractivity contribution is 0.0335. The Bertz CT molecular complexity index is 343. The Morgan fingerprint density at radius 3 is 2.44 bits per heavy atom. The monoisotopic (exact) mass is 250 g/mol. The van der Waals surface area contributed by atoms with Crippen molar-refractivity contribution in [2.24, 2.45) is 0 Å². The van der Waals surface area contributed by atoms with Gasteiger partial charge in [0.25, 0.3) is 0 Å². The molecule has 0 aliphatic heterocycles. The van der Waals surface area contributed by atoms with E-state index < -0.39 is 0 Å². The van der Waals surface area contributed by atoms with E-state index in [9.17, 15) is 4.79 Å². The Kier molecular flexibility index (Phi) is 7.11. The van der Waals surface area contributed by atoms with Crippen LogP contribution in [0.25, 0.3) is 0 Å². The average molecular weight is 250 g/mol. The Labute approximate surface area is 109 Å². The third kappa shape index (κ3) is 5.32. The van der Waals surface area contributed by atoms with Crippen LogP contribution in [-0.4, -0.2) is 25.8 Å². The van der Waals surface area contributed by atoms with Crippen LogP contribution < -0.4 is 0 Å². The maximum absolute atomic E-state index is 11.7. The number of carbonyl (C=O) groups is 1. The first-order valence-electron chi connectivity index (χ1n) is 6.61. The molecule has 1 aromatic carbocycles. The predicted octanol–water partition coefficient (Wildman–Crippen LogP) is 3.22. The van der Waals surface area contributed by atoms with Crippen LogP contribution in [0.4, 0.5) is 0 Å². The summed E-state index contributed by atoms with van der Waals surface area (Å²) in [7, 11) is 0. The van der Waals surface area contributed by atoms with Crippen LogP contribution in [0.3, 0.4) is 0 Å². The zero-order chi connectivity index (χ0) is 13.2. The van der Waals surface area contributed by atoms with Gasteiger partial charge in [-0.25, -0.2) is 4.79 Å². The highest BCUT2D eigenvalue weighted by Gasteiger charge is 2.06. The Morgan fingerprint density at radius 1 is 1.11 bits per heavy atom. The quantitative estimate of drug-likeness (QED) is 0.525. The number of benzene rings is 1. The molecule has 1 rings (SSSR count). The van der Waals surface area contributed by atoms with Gasteiger partial charge in [-0.3, -0.25) is 0 Å². The van der Waals surface area contributed by atoms with Crippen molar-refractivity contribution in [1.82, 2.24) is 0 Å². The van der Waals surface area contributed by atoms with Crippen LogP contribution in [0.5, 0.6) is 0 Å². The van der Waals surface area contributed by atoms with Gasteiger partial charge in [-0.2, -0.15) is 0 Å². The molecule has 1 aromatic rings. The summed E-state index contributed by atoms with van der Waals surface area (Å²) >= 11 is 0. The lowest BCUT2D eigenvalue weighted by Crippen LogP contribution is -2.10. The van der Waals surface area contributed by atoms with Crippen molar-refractivity contribution in [2.75, 3.05) is 19.8 Å². The van der Waals surface area contributed by atoms with Crippen LogP contribution >= 0.6 is 0 Å². The van der Waals surface area contributed by atoms with Crippen LogP contribution in [0, 0.1) is 0 Å². The lowest BCUT2D eigenvalue weighted by Gasteiger charge is -2.05. The van der Waals surface area contributed by atoms with Gasteiger partial charge in [0.15, 0.2) is 0 Å². The molecule has 0 saturated carbocycles. The van der Waals surface area contributed by atoms with Gasteiger partial charge in [0, 0.05) is 6.61 Å². The second-order valence-electron chi connectivity index (χ2n) is 4.13. The fourth-order valence-corrected chi connectivity index (χ4v) is 1.61. The minimum atomic E-state index is -0.281. The summed E-state index contributed by atoms with van der Waals surface area (Å²) in [6.45, 7) is 5.49. The zero-order valence-electron chi connectivity index (χ0n) is 11.3. The third-order valence-electron chi connectivity index (χ3n) is 2.67. The molecule has 0 amide bonds. The van der Waals surface area contributed by atoms with Gasteiger partial charge in [0.05, 0.1) is 12.2 Å². The van der Waals surface area contributed by atoms with Crippen molar-refractivity contribution in [3.8, 4) is 0 Å². The number of carbonyl (C=O) groups excluding carboxylic acids is 1. The molecule has 0 aliphatic carbocycles. The van der Waals surface area contributed by atoms with Crippen molar-refractivity contribution >= 4 is 5.97 Å². The van der Waals surface area contributed by atoms with Crippen LogP contribution in [-0.2, 0) is 15.9 Å². The number of esters is 1. The highest BCUT2D eigenvalue weighted by atomic mass is 16.6. The number of hydrogen-bond acceptors (Lipinski definition) is 3. The van der Waals surface area contributed by atoms with E-state index in [-0.39, 0.29) is 5.97 Å². The van der Waals surface area contributed by atoms with Gasteiger partial charge in [-0.05, 0) is 37.5 Å². The Morgan fingerprint density at radius 2 is 1.83 bits per heavy atom. The molecular formula is C15H22O3. The van der Waals surface area contributed by atoms with E-state index in [4.69, 9.17) is 9.47 Å². The number of unbranched alkanes of at least 4 members (excludes halogenated alkanes) is 1. The maximum atomic E-state index is 11.7. The summed E-state index contributed by atoms with van der Waals surface area (Å²) in [5, 5.41) is 0. The van der Waals surface area contributed by atoms with E-state index in [1.807, 2.05) is 31.2 Å². The first kappa shape index (κ1) is 14.7. The summed E-state index contributed by atoms with van der Waals surface area (Å²) in [4.78, 5) is 11.7. The van der Waals surface area contributed by atoms with Crippen molar-refractivity contribution < 1.29 is 14.3 Å². The fraction of sp³-hybridized carbons (Fsp3) is 0.533. The van der Waals surface area contributed by atoms with Gasteiger partial charge < -0.3 is 9.47 Å². The first-order chi connectivity index (χ1) is 8.77. The van der Waals surface area contributed by atoms with Crippen LogP contribution in [0.2, 0.25) is 0 Å². The summed E-state index contributed by atoms with van der Waals surface area (Å²) in [6.07, 6.45) is 3.43. The van der Waals surface area contributed by atoms with Crippen molar-refractivity contribution in [3.05, 3.63) is 35.4 Å². The minimum Gasteiger partial charge on any atom is -0.460 e. The van der Waals surface area contributed by atoms with Gasteiger partial charge in [-0.15, -0.1) is 0 Å². The first-order valence-corrected chi connectivity index (χ1v) is 6.61. The van der Waals surface area contributed by atoms with Crippen LogP contribution in [0.1, 0.15) is 42.6 Å². The van der Waals surface area contributed by atoms with Gasteiger partial charge in [-0.1, -0.05) is 25.5 Å². The molecule has 0 heterocycles. The summed E-state index contributed by atoms with van der Waals surface area (Å²) in [6, 6.07) is 7.64. The molecule has 0 spiro atoms. The van der Waals surface area contributed by atoms with E-state index in [0.717, 1.165) is 6.42 Å². The van der Waals surface area contributed by atoms with Crippen LogP contribution in [0.15, 0.2) is 24.3 Å². The number of rotatable bonds is 8. The standard InChI is InChI=1S/C15H22O3/c1-3-5-6-13-7-9-14(10-8-13)15(16)18-12-11-17-4-2/h7-10H,3-6,11-12H2,1-2H3. The van der Waals surface area contributed by atoms with E-state index in [2.05, 4.69) is 6.92 Å². The van der Waals surface area contributed by atoms with Crippen molar-refractivity contribution in [3.63, 3.8) is 0 Å². The molecule has 3 nitrogen and oxygen atoms in total. The highest BCUT2D eigenvalue weighted by molar-refractivity contribution is 5.89. The molecule has 100 valence electrons. The van der Waals surface area contributed by atoms with Crippen molar-refractivity contribution in [1.29, 1.82) is 0 Å². The number of hydrogen-bond donors (Lipinski definition) is 0. The lowest BCUT2D eigenvalue weighted by atomic mass is 10.1. The van der Waals surface area contributed by atoms with Gasteiger partial charge >= 0.3 is 5.97 Å². The molecule has 0 aliphatic rings. The molecule has 0 saturated heterocycles. The molecule has 0 aromatic heterocycles. The topological polar surface area (TPSA) is 35.5 Å². The largest absolute Gasteiger partial charge is 0.460 e. The van der Waals surface area contributed by atoms with E-state index >= 15 is 0 Å². The molecule has 0 fully saturated rings. The highest BCUT2D eigenvalue weighted by Crippen LogP contribution is 2.09. The molecule has 0 radical (unpaired) electrons. The molecule has 0 unspecified atom stereocenters. The molecular weight excluding hydrogens is 228 g/mol. The Balaban J connectivity index is 2.38. The molecule has 18 heavy (non-hydrogen) atoms. The Hall–Kier alpha value is -1.35. The van der Waals surface area contributed by atoms with Crippen molar-refractivity contribution in [2.45, 2.75) is 33.1 Å². The average Bonchev–Trinajstić information content (AvgIpc) is 2.41. The van der Waals surface area contributed by atoms with Gasteiger partial charge in [0.1, 0.15) is 6.61 Å². The van der Waals surface area contributed by atoms with E-state index in [1.54, 1.807) is 0 Å². The molecule has 3 heteroatoms. The number of aryl methyl sites for hydroxylation is 1. The SMILES string of the molecule is CCCCc1ccc(C(=O)OCCOCC)cc1. The zero-order valence-corrected chi connectivity index (χ0v) is 11.3. The fourth-order valence-electron chi connectivity index (χ4n) is 1.61. The third-order valence-corrected chi connectivity index (χ3v) is 2.67. The molecule has 0 N–H and O–H groups in total. The van der Waals surface area contributed by atoms with E-state index in [1.165, 1.54) is 18.4 Å². The van der Waals surface area contributed by atoms with Gasteiger partial charge in [0.2, 0.25) is 0 Å².